The summed E-state index contributed by atoms with van der Waals surface area (Å²) in [6, 6.07) is 61.1. The second-order valence-corrected chi connectivity index (χ2v) is 34.8. The molecule has 6 saturated carbocycles. The molecule has 6 fully saturated rings. The molecule has 111 heavy (non-hydrogen) atoms. The highest BCUT2D eigenvalue weighted by molar-refractivity contribution is 7.04. The number of fused-ring (bicyclic) bond motifs is 15. The Morgan fingerprint density at radius 3 is 1.06 bits per heavy atom. The Bertz CT molecular complexity index is 5620. The van der Waals surface area contributed by atoms with Crippen molar-refractivity contribution in [3.05, 3.63) is 246 Å². The van der Waals surface area contributed by atoms with Gasteiger partial charge in [0.1, 0.15) is 75.0 Å². The van der Waals surface area contributed by atoms with Crippen LogP contribution in [-0.2, 0) is 0 Å². The SMILES string of the molecule is Fc1cccc(F)c1N1c2cc3c(cc2B2c4ccccc4Oc4cc(C5CC6CCCCCC6C5)cc1c42)B1c2cc4c(cc2Oc2cc(C5CC6CCCCCC6C5)cc(c21)N3c1c(F)cccc1F)N(c1c(F)cccc1F)c1cc(C2CC3CCCCCC3C2)cc2c1B4c1ccccc1N2c1ccccc1. The van der Waals surface area contributed by atoms with Gasteiger partial charge in [-0.2, -0.15) is 0 Å². The molecule has 6 aliphatic carbocycles. The molecule has 11 aromatic carbocycles. The lowest BCUT2D eigenvalue weighted by Crippen LogP contribution is -2.65. The number of nitrogens with zero attached hydrogens (tertiary/aromatic N) is 4. The minimum Gasteiger partial charge on any atom is -0.458 e. The predicted molar refractivity (Wildman–Crippen MR) is 438 cm³/mol. The van der Waals surface area contributed by atoms with E-state index in [9.17, 15) is 0 Å². The number of hydrogen-bond donors (Lipinski definition) is 0. The average molecular weight is 1470 g/mol. The highest BCUT2D eigenvalue weighted by Gasteiger charge is 2.53. The molecular formula is C96H83B3F6N4O2. The van der Waals surface area contributed by atoms with E-state index < -0.39 is 55.0 Å². The highest BCUT2D eigenvalue weighted by Crippen LogP contribution is 2.58. The fourth-order valence-electron chi connectivity index (χ4n) is 24.4. The van der Waals surface area contributed by atoms with Crippen LogP contribution in [0, 0.1) is 70.4 Å². The van der Waals surface area contributed by atoms with Crippen molar-refractivity contribution in [2.24, 2.45) is 35.5 Å². The van der Waals surface area contributed by atoms with E-state index in [2.05, 4.69) is 108 Å². The molecule has 0 amide bonds. The average Bonchev–Trinajstić information content (AvgIpc) is 0.792. The van der Waals surface area contributed by atoms with Gasteiger partial charge in [0, 0.05) is 57.3 Å². The standard InChI is InChI=1S/C96H83B3F6N4O2/c100-73-30-17-31-74(101)94(73)107-80-52-81-70(50-69(80)98-68-29-14-16-37-87(68)110-89-48-64(46-85(107)92(89)98)61-40-56-22-7-2-8-23-57(56)41-61)99-72-51-71-82(53-88(72)111-90-49-65(62-42-58-24-9-3-10-25-59(58)43-62)47-86(93(90)99)108(81)95-75(102)32-18-33-76(95)103)109(96-77(104)34-19-35-78(96)105)84-45-63(60-38-54-20-5-1-6-21-55(54)39-60)44-83-91(84)97(71)67-28-13-15-36-79(67)106(83)66-26-11-4-12-27-66/h4,11-19,26-37,44-62H,1-3,5-10,20-25,38-43H2. The molecular weight excluding hydrogens is 1390 g/mol. The molecule has 0 N–H and O–H groups in total. The Morgan fingerprint density at radius 2 is 0.604 bits per heavy atom. The maximum Gasteiger partial charge on any atom is 0.256 e. The third-order valence-electron chi connectivity index (χ3n) is 29.1. The van der Waals surface area contributed by atoms with Crippen LogP contribution < -0.4 is 78.2 Å². The van der Waals surface area contributed by atoms with E-state index in [-0.39, 0.29) is 34.8 Å². The number of halogens is 6. The summed E-state index contributed by atoms with van der Waals surface area (Å²) in [5.74, 6) is 1.66. The Balaban J connectivity index is 0.805. The van der Waals surface area contributed by atoms with Crippen LogP contribution in [0.25, 0.3) is 0 Å². The molecule has 0 aromatic heterocycles. The Hall–Kier alpha value is -10.0. The Morgan fingerprint density at radius 1 is 0.252 bits per heavy atom. The fourth-order valence-corrected chi connectivity index (χ4v) is 24.4. The topological polar surface area (TPSA) is 31.4 Å². The smallest absolute Gasteiger partial charge is 0.256 e. The molecule has 0 bridgehead atoms. The maximum atomic E-state index is 18.1. The molecule has 550 valence electrons. The summed E-state index contributed by atoms with van der Waals surface area (Å²) >= 11 is 0. The van der Waals surface area contributed by atoms with Crippen molar-refractivity contribution in [2.75, 3.05) is 19.6 Å². The quantitative estimate of drug-likeness (QED) is 0.117. The molecule has 23 rings (SSSR count). The number of benzene rings is 11. The van der Waals surface area contributed by atoms with Gasteiger partial charge in [0.25, 0.3) is 20.1 Å². The van der Waals surface area contributed by atoms with Gasteiger partial charge in [0.05, 0.1) is 0 Å². The van der Waals surface area contributed by atoms with E-state index in [4.69, 9.17) is 9.47 Å². The van der Waals surface area contributed by atoms with Crippen molar-refractivity contribution >= 4 is 138 Å². The summed E-state index contributed by atoms with van der Waals surface area (Å²) in [7, 11) is 0. The van der Waals surface area contributed by atoms with Crippen LogP contribution in [0.2, 0.25) is 0 Å². The van der Waals surface area contributed by atoms with Crippen LogP contribution in [0.15, 0.2) is 194 Å². The van der Waals surface area contributed by atoms with Gasteiger partial charge in [0.15, 0.2) is 0 Å². The van der Waals surface area contributed by atoms with Crippen LogP contribution >= 0.6 is 0 Å². The zero-order valence-electron chi connectivity index (χ0n) is 62.1. The summed E-state index contributed by atoms with van der Waals surface area (Å²) in [5.41, 5.74) is 15.9. The largest absolute Gasteiger partial charge is 0.458 e. The Labute approximate surface area is 646 Å². The summed E-state index contributed by atoms with van der Waals surface area (Å²) in [4.78, 5) is 7.73. The minimum atomic E-state index is -0.784. The van der Waals surface area contributed by atoms with Gasteiger partial charge in [-0.3, -0.25) is 0 Å². The van der Waals surface area contributed by atoms with Crippen LogP contribution in [0.1, 0.15) is 169 Å². The predicted octanol–water partition coefficient (Wildman–Crippen LogP) is 20.6. The fraction of sp³-hybridized carbons (Fsp3) is 0.312. The molecule has 0 spiro atoms. The van der Waals surface area contributed by atoms with Gasteiger partial charge in [-0.25, -0.2) is 26.3 Å². The highest BCUT2D eigenvalue weighted by atomic mass is 19.2. The second kappa shape index (κ2) is 25.8. The molecule has 0 saturated heterocycles. The molecule has 0 radical (unpaired) electrons. The first-order valence-corrected chi connectivity index (χ1v) is 41.5. The number of para-hydroxylation sites is 6. The van der Waals surface area contributed by atoms with Gasteiger partial charge in [0.2, 0.25) is 0 Å². The summed E-state index contributed by atoms with van der Waals surface area (Å²) in [6.45, 7) is -1.82. The van der Waals surface area contributed by atoms with E-state index in [0.717, 1.165) is 123 Å². The Kier molecular flexibility index (Phi) is 15.5. The van der Waals surface area contributed by atoms with Crippen LogP contribution in [0.5, 0.6) is 23.0 Å². The van der Waals surface area contributed by atoms with Crippen LogP contribution in [0.3, 0.4) is 0 Å². The van der Waals surface area contributed by atoms with Crippen molar-refractivity contribution in [3.8, 4) is 23.0 Å². The van der Waals surface area contributed by atoms with Crippen LogP contribution in [0.4, 0.5) is 94.6 Å². The lowest BCUT2D eigenvalue weighted by atomic mass is 9.29. The third kappa shape index (κ3) is 10.3. The van der Waals surface area contributed by atoms with Gasteiger partial charge < -0.3 is 29.1 Å². The van der Waals surface area contributed by atoms with E-state index in [1.165, 1.54) is 138 Å². The zero-order chi connectivity index (χ0) is 73.8. The monoisotopic (exact) mass is 1470 g/mol. The first kappa shape index (κ1) is 66.8. The van der Waals surface area contributed by atoms with E-state index in [0.29, 0.717) is 104 Å². The van der Waals surface area contributed by atoms with Crippen molar-refractivity contribution in [1.29, 1.82) is 0 Å². The maximum absolute atomic E-state index is 18.1. The number of ether oxygens (including phenoxy) is 2. The first-order valence-electron chi connectivity index (χ1n) is 41.5. The molecule has 6 heterocycles. The van der Waals surface area contributed by atoms with Crippen molar-refractivity contribution in [1.82, 2.24) is 0 Å². The van der Waals surface area contributed by atoms with Crippen molar-refractivity contribution < 1.29 is 35.8 Å². The summed E-state index contributed by atoms with van der Waals surface area (Å²) in [5, 5.41) is 0. The van der Waals surface area contributed by atoms with E-state index in [1.54, 1.807) is 9.80 Å². The summed E-state index contributed by atoms with van der Waals surface area (Å²) < 4.78 is 122. The molecule has 6 unspecified atom stereocenters. The van der Waals surface area contributed by atoms with Gasteiger partial charge in [-0.05, 0) is 261 Å². The van der Waals surface area contributed by atoms with Gasteiger partial charge in [-0.1, -0.05) is 181 Å². The molecule has 6 atom stereocenters. The zero-order valence-corrected chi connectivity index (χ0v) is 62.1. The number of anilines is 12. The summed E-state index contributed by atoms with van der Waals surface area (Å²) in [6.07, 6.45) is 24.1. The van der Waals surface area contributed by atoms with E-state index >= 15 is 26.3 Å². The van der Waals surface area contributed by atoms with Gasteiger partial charge in [-0.15, -0.1) is 0 Å². The molecule has 6 aliphatic heterocycles. The lowest BCUT2D eigenvalue weighted by Gasteiger charge is -2.46. The lowest BCUT2D eigenvalue weighted by molar-refractivity contribution is 0.367. The second-order valence-electron chi connectivity index (χ2n) is 34.8. The molecule has 11 aromatic rings. The van der Waals surface area contributed by atoms with Crippen molar-refractivity contribution in [2.45, 2.75) is 153 Å². The number of hydrogen-bond acceptors (Lipinski definition) is 6. The first-order chi connectivity index (χ1) is 54.5. The number of rotatable bonds is 7. The third-order valence-corrected chi connectivity index (χ3v) is 29.1. The molecule has 6 nitrogen and oxygen atoms in total. The van der Waals surface area contributed by atoms with Crippen molar-refractivity contribution in [3.63, 3.8) is 0 Å². The molecule has 15 heteroatoms. The van der Waals surface area contributed by atoms with Gasteiger partial charge >= 0.3 is 0 Å². The molecule has 12 aliphatic rings. The van der Waals surface area contributed by atoms with E-state index in [1.807, 2.05) is 41.3 Å². The normalized spacial score (nSPS) is 23.8. The minimum absolute atomic E-state index is 0.0830. The van der Waals surface area contributed by atoms with Crippen LogP contribution in [-0.4, -0.2) is 20.1 Å².